The van der Waals surface area contributed by atoms with Gasteiger partial charge in [0.2, 0.25) is 0 Å². The summed E-state index contributed by atoms with van der Waals surface area (Å²) < 4.78 is 43.6. The maximum atomic E-state index is 12.7. The van der Waals surface area contributed by atoms with Crippen LogP contribution < -0.4 is 15.4 Å². The lowest BCUT2D eigenvalue weighted by Crippen LogP contribution is -2.38. The summed E-state index contributed by atoms with van der Waals surface area (Å²) in [4.78, 5) is 17.6. The van der Waals surface area contributed by atoms with E-state index >= 15 is 0 Å². The van der Waals surface area contributed by atoms with Crippen molar-refractivity contribution in [3.63, 3.8) is 0 Å². The predicted molar refractivity (Wildman–Crippen MR) is 129 cm³/mol. The highest BCUT2D eigenvalue weighted by molar-refractivity contribution is 14.0. The Morgan fingerprint density at radius 1 is 1.09 bits per heavy atom. The van der Waals surface area contributed by atoms with Crippen molar-refractivity contribution < 1.29 is 22.7 Å². The Labute approximate surface area is 203 Å². The van der Waals surface area contributed by atoms with Gasteiger partial charge < -0.3 is 20.3 Å². The molecule has 2 aromatic rings. The highest BCUT2D eigenvalue weighted by Crippen LogP contribution is 2.29. The van der Waals surface area contributed by atoms with Crippen LogP contribution in [-0.4, -0.2) is 44.0 Å². The van der Waals surface area contributed by atoms with Gasteiger partial charge in [0.15, 0.2) is 12.6 Å². The van der Waals surface area contributed by atoms with Crippen molar-refractivity contribution in [3.8, 4) is 5.75 Å². The number of hydrogen-bond acceptors (Lipinski definition) is 3. The minimum atomic E-state index is -4.35. The second-order valence-corrected chi connectivity index (χ2v) is 6.84. The van der Waals surface area contributed by atoms with Gasteiger partial charge in [0.1, 0.15) is 5.75 Å². The molecule has 0 saturated heterocycles. The van der Waals surface area contributed by atoms with Gasteiger partial charge in [-0.3, -0.25) is 9.79 Å². The normalized spacial score (nSPS) is 11.4. The number of ether oxygens (including phenoxy) is 1. The van der Waals surface area contributed by atoms with E-state index in [4.69, 9.17) is 4.74 Å². The second-order valence-electron chi connectivity index (χ2n) is 6.84. The van der Waals surface area contributed by atoms with Crippen LogP contribution in [0.5, 0.6) is 5.75 Å². The first-order valence-electron chi connectivity index (χ1n) is 9.79. The van der Waals surface area contributed by atoms with Crippen LogP contribution in [0.15, 0.2) is 53.5 Å². The Bertz CT molecular complexity index is 889. The number of carbonyl (C=O) groups excluding carboxylic acids is 1. The van der Waals surface area contributed by atoms with E-state index in [1.54, 1.807) is 20.2 Å². The lowest BCUT2D eigenvalue weighted by atomic mass is 10.1. The molecule has 2 N–H and O–H groups in total. The summed E-state index contributed by atoms with van der Waals surface area (Å²) in [6.07, 6.45) is -4.35. The molecule has 176 valence electrons. The molecule has 0 unspecified atom stereocenters. The molecule has 10 heteroatoms. The number of amides is 1. The molecule has 1 amide bonds. The zero-order valence-electron chi connectivity index (χ0n) is 18.2. The van der Waals surface area contributed by atoms with Gasteiger partial charge in [0, 0.05) is 33.7 Å². The number of halogens is 4. The SMILES string of the molecule is CCNC(=O)COc1cccc(CNC(=NC)N(C)Cc2ccc(C(F)(F)F)cc2)c1.I. The number of aliphatic imine (C=N–C) groups is 1. The summed E-state index contributed by atoms with van der Waals surface area (Å²) in [6.45, 7) is 3.19. The minimum Gasteiger partial charge on any atom is -0.484 e. The lowest BCUT2D eigenvalue weighted by molar-refractivity contribution is -0.137. The van der Waals surface area contributed by atoms with Crippen molar-refractivity contribution in [2.75, 3.05) is 27.2 Å². The van der Waals surface area contributed by atoms with Gasteiger partial charge in [0.25, 0.3) is 5.91 Å². The summed E-state index contributed by atoms with van der Waals surface area (Å²) in [5, 5.41) is 5.88. The van der Waals surface area contributed by atoms with Crippen molar-refractivity contribution >= 4 is 35.8 Å². The summed E-state index contributed by atoms with van der Waals surface area (Å²) in [5.41, 5.74) is 0.993. The first kappa shape index (κ1) is 27.5. The third-order valence-electron chi connectivity index (χ3n) is 4.37. The van der Waals surface area contributed by atoms with Crippen LogP contribution in [0.4, 0.5) is 13.2 Å². The number of hydrogen-bond donors (Lipinski definition) is 2. The van der Waals surface area contributed by atoms with Crippen LogP contribution in [0.25, 0.3) is 0 Å². The zero-order chi connectivity index (χ0) is 22.9. The Morgan fingerprint density at radius 3 is 2.38 bits per heavy atom. The molecular formula is C22H28F3IN4O2. The van der Waals surface area contributed by atoms with E-state index < -0.39 is 11.7 Å². The van der Waals surface area contributed by atoms with E-state index in [2.05, 4.69) is 15.6 Å². The maximum Gasteiger partial charge on any atom is 0.416 e. The van der Waals surface area contributed by atoms with Crippen molar-refractivity contribution in [1.29, 1.82) is 0 Å². The molecule has 0 radical (unpaired) electrons. The molecule has 32 heavy (non-hydrogen) atoms. The molecule has 0 atom stereocenters. The topological polar surface area (TPSA) is 66.0 Å². The highest BCUT2D eigenvalue weighted by Gasteiger charge is 2.29. The quantitative estimate of drug-likeness (QED) is 0.289. The van der Waals surface area contributed by atoms with E-state index in [9.17, 15) is 18.0 Å². The Kier molecular flexibility index (Phi) is 11.3. The molecule has 0 fully saturated rings. The number of carbonyl (C=O) groups is 1. The molecule has 6 nitrogen and oxygen atoms in total. The van der Waals surface area contributed by atoms with E-state index in [1.807, 2.05) is 30.0 Å². The number of guanidine groups is 1. The van der Waals surface area contributed by atoms with Gasteiger partial charge in [0.05, 0.1) is 5.56 Å². The average Bonchev–Trinajstić information content (AvgIpc) is 2.73. The third-order valence-corrected chi connectivity index (χ3v) is 4.37. The molecule has 0 saturated carbocycles. The molecule has 2 rings (SSSR count). The fraction of sp³-hybridized carbons (Fsp3) is 0.364. The Hall–Kier alpha value is -2.50. The van der Waals surface area contributed by atoms with Crippen LogP contribution in [-0.2, 0) is 24.1 Å². The Balaban J connectivity index is 0.00000512. The average molecular weight is 564 g/mol. The summed E-state index contributed by atoms with van der Waals surface area (Å²) >= 11 is 0. The van der Waals surface area contributed by atoms with Crippen molar-refractivity contribution in [2.24, 2.45) is 4.99 Å². The van der Waals surface area contributed by atoms with E-state index in [0.717, 1.165) is 23.3 Å². The van der Waals surface area contributed by atoms with E-state index in [-0.39, 0.29) is 36.5 Å². The molecule has 0 aliphatic heterocycles. The molecule has 0 spiro atoms. The molecule has 0 bridgehead atoms. The predicted octanol–water partition coefficient (Wildman–Crippen LogP) is 4.05. The van der Waals surface area contributed by atoms with Crippen molar-refractivity contribution in [3.05, 3.63) is 65.2 Å². The van der Waals surface area contributed by atoms with Crippen molar-refractivity contribution in [1.82, 2.24) is 15.5 Å². The number of alkyl halides is 3. The third kappa shape index (κ3) is 8.93. The van der Waals surface area contributed by atoms with Gasteiger partial charge in [-0.15, -0.1) is 24.0 Å². The molecular weight excluding hydrogens is 536 g/mol. The van der Waals surface area contributed by atoms with Gasteiger partial charge in [-0.25, -0.2) is 0 Å². The lowest BCUT2D eigenvalue weighted by Gasteiger charge is -2.22. The fourth-order valence-corrected chi connectivity index (χ4v) is 2.86. The summed E-state index contributed by atoms with van der Waals surface area (Å²) in [7, 11) is 3.44. The first-order chi connectivity index (χ1) is 14.7. The first-order valence-corrected chi connectivity index (χ1v) is 9.79. The Morgan fingerprint density at radius 2 is 1.78 bits per heavy atom. The van der Waals surface area contributed by atoms with Gasteiger partial charge in [-0.2, -0.15) is 13.2 Å². The fourth-order valence-electron chi connectivity index (χ4n) is 2.86. The minimum absolute atomic E-state index is 0. The largest absolute Gasteiger partial charge is 0.484 e. The zero-order valence-corrected chi connectivity index (χ0v) is 20.5. The van der Waals surface area contributed by atoms with E-state index in [0.29, 0.717) is 31.3 Å². The summed E-state index contributed by atoms with van der Waals surface area (Å²) in [5.74, 6) is 0.989. The monoisotopic (exact) mass is 564 g/mol. The molecule has 2 aromatic carbocycles. The van der Waals surface area contributed by atoms with Gasteiger partial charge in [-0.1, -0.05) is 24.3 Å². The van der Waals surface area contributed by atoms with Gasteiger partial charge in [-0.05, 0) is 42.3 Å². The smallest absolute Gasteiger partial charge is 0.416 e. The van der Waals surface area contributed by atoms with Crippen LogP contribution in [0, 0.1) is 0 Å². The molecule has 0 heterocycles. The standard InChI is InChI=1S/C22H27F3N4O2.HI/c1-4-27-20(30)15-31-19-7-5-6-17(12-19)13-28-21(26-2)29(3)14-16-8-10-18(11-9-16)22(23,24)25;/h5-12H,4,13-15H2,1-3H3,(H,26,28)(H,27,30);1H. The van der Waals surface area contributed by atoms with Gasteiger partial charge >= 0.3 is 6.18 Å². The number of nitrogens with zero attached hydrogens (tertiary/aromatic N) is 2. The second kappa shape index (κ2) is 13.1. The van der Waals surface area contributed by atoms with Crippen LogP contribution in [0.2, 0.25) is 0 Å². The van der Waals surface area contributed by atoms with E-state index in [1.165, 1.54) is 12.1 Å². The highest BCUT2D eigenvalue weighted by atomic mass is 127. The van der Waals surface area contributed by atoms with Crippen LogP contribution in [0.1, 0.15) is 23.6 Å². The van der Waals surface area contributed by atoms with Crippen LogP contribution in [0.3, 0.4) is 0 Å². The van der Waals surface area contributed by atoms with Crippen LogP contribution >= 0.6 is 24.0 Å². The number of benzene rings is 2. The number of likely N-dealkylation sites (N-methyl/N-ethyl adjacent to an activating group) is 1. The maximum absolute atomic E-state index is 12.7. The number of rotatable bonds is 8. The molecule has 0 aromatic heterocycles. The number of nitrogens with one attached hydrogen (secondary N) is 2. The molecule has 0 aliphatic rings. The summed E-state index contributed by atoms with van der Waals surface area (Å²) in [6, 6.07) is 12.4. The van der Waals surface area contributed by atoms with Crippen molar-refractivity contribution in [2.45, 2.75) is 26.2 Å². The molecule has 0 aliphatic carbocycles.